The van der Waals surface area contributed by atoms with E-state index in [1.165, 1.54) is 49.9 Å². The molecule has 1 unspecified atom stereocenters. The van der Waals surface area contributed by atoms with Gasteiger partial charge in [-0.15, -0.1) is 0 Å². The van der Waals surface area contributed by atoms with Gasteiger partial charge in [0.1, 0.15) is 0 Å². The number of nitrogens with zero attached hydrogens (tertiary/aromatic N) is 2. The summed E-state index contributed by atoms with van der Waals surface area (Å²) in [6, 6.07) is 0.683. The Hall–Kier alpha value is -0.830. The topological polar surface area (TPSA) is 29.9 Å². The van der Waals surface area contributed by atoms with Gasteiger partial charge in [-0.25, -0.2) is 0 Å². The van der Waals surface area contributed by atoms with Crippen LogP contribution in [0.1, 0.15) is 55.3 Å². The highest BCUT2D eigenvalue weighted by Gasteiger charge is 2.24. The fraction of sp³-hybridized carbons (Fsp3) is 0.769. The number of hydrogen-bond acceptors (Lipinski definition) is 2. The van der Waals surface area contributed by atoms with Crippen molar-refractivity contribution in [2.45, 2.75) is 51.0 Å². The lowest BCUT2D eigenvalue weighted by Crippen LogP contribution is -2.11. The van der Waals surface area contributed by atoms with Gasteiger partial charge < -0.3 is 5.32 Å². The quantitative estimate of drug-likeness (QED) is 0.827. The minimum atomic E-state index is 0.683. The summed E-state index contributed by atoms with van der Waals surface area (Å²) in [6.07, 6.45) is 8.80. The number of nitrogens with one attached hydrogen (secondary N) is 1. The van der Waals surface area contributed by atoms with Crippen LogP contribution in [-0.4, -0.2) is 22.9 Å². The summed E-state index contributed by atoms with van der Waals surface area (Å²) in [5.41, 5.74) is 2.90. The highest BCUT2D eigenvalue weighted by molar-refractivity contribution is 5.23. The molecule has 3 nitrogen and oxygen atoms in total. The molecule has 3 heteroatoms. The first-order chi connectivity index (χ1) is 7.86. The Morgan fingerprint density at radius 1 is 1.31 bits per heavy atom. The fourth-order valence-electron chi connectivity index (χ4n) is 3.27. The average Bonchev–Trinajstić information content (AvgIpc) is 2.96. The SMILES string of the molecule is Cc1c(C2CCNC2)cnn1C1CCCC1. The van der Waals surface area contributed by atoms with E-state index in [1.807, 2.05) is 0 Å². The molecule has 16 heavy (non-hydrogen) atoms. The lowest BCUT2D eigenvalue weighted by atomic mass is 9.99. The number of rotatable bonds is 2. The first kappa shape index (κ1) is 10.3. The van der Waals surface area contributed by atoms with Gasteiger partial charge in [0.25, 0.3) is 0 Å². The first-order valence-electron chi connectivity index (χ1n) is 6.61. The Balaban J connectivity index is 1.84. The van der Waals surface area contributed by atoms with E-state index in [9.17, 15) is 0 Å². The van der Waals surface area contributed by atoms with E-state index >= 15 is 0 Å². The van der Waals surface area contributed by atoms with Gasteiger partial charge in [-0.2, -0.15) is 5.10 Å². The van der Waals surface area contributed by atoms with Crippen LogP contribution in [0.15, 0.2) is 6.20 Å². The van der Waals surface area contributed by atoms with Gasteiger partial charge in [0.15, 0.2) is 0 Å². The van der Waals surface area contributed by atoms with Gasteiger partial charge in [0.2, 0.25) is 0 Å². The van der Waals surface area contributed by atoms with E-state index in [4.69, 9.17) is 0 Å². The number of aromatic nitrogens is 2. The highest BCUT2D eigenvalue weighted by atomic mass is 15.3. The van der Waals surface area contributed by atoms with E-state index in [0.717, 1.165) is 6.54 Å². The smallest absolute Gasteiger partial charge is 0.0528 e. The molecule has 3 rings (SSSR count). The molecule has 0 amide bonds. The van der Waals surface area contributed by atoms with Gasteiger partial charge >= 0.3 is 0 Å². The molecule has 0 bridgehead atoms. The maximum atomic E-state index is 4.63. The van der Waals surface area contributed by atoms with Crippen molar-refractivity contribution < 1.29 is 0 Å². The normalized spacial score (nSPS) is 26.7. The van der Waals surface area contributed by atoms with Crippen LogP contribution in [0.25, 0.3) is 0 Å². The first-order valence-corrected chi connectivity index (χ1v) is 6.61. The third kappa shape index (κ3) is 1.67. The van der Waals surface area contributed by atoms with Crippen molar-refractivity contribution in [3.05, 3.63) is 17.5 Å². The molecule has 0 radical (unpaired) electrons. The van der Waals surface area contributed by atoms with Crippen molar-refractivity contribution in [3.63, 3.8) is 0 Å². The summed E-state index contributed by atoms with van der Waals surface area (Å²) in [6.45, 7) is 4.55. The van der Waals surface area contributed by atoms with E-state index in [-0.39, 0.29) is 0 Å². The monoisotopic (exact) mass is 219 g/mol. The molecule has 2 fully saturated rings. The van der Waals surface area contributed by atoms with Crippen LogP contribution >= 0.6 is 0 Å². The summed E-state index contributed by atoms with van der Waals surface area (Å²) in [5, 5.41) is 8.07. The predicted molar refractivity (Wildman–Crippen MR) is 64.7 cm³/mol. The molecule has 2 heterocycles. The highest BCUT2D eigenvalue weighted by Crippen LogP contribution is 2.33. The van der Waals surface area contributed by atoms with Gasteiger partial charge in [-0.1, -0.05) is 12.8 Å². The third-order valence-corrected chi connectivity index (χ3v) is 4.25. The Bertz CT molecular complexity index is 324. The van der Waals surface area contributed by atoms with Crippen molar-refractivity contribution in [1.82, 2.24) is 15.1 Å². The standard InChI is InChI=1S/C13H21N3/c1-10-13(11-6-7-14-8-11)9-15-16(10)12-4-2-3-5-12/h9,11-12,14H,2-8H2,1H3. The molecule has 1 aliphatic carbocycles. The fourth-order valence-corrected chi connectivity index (χ4v) is 3.27. The second kappa shape index (κ2) is 4.21. The Morgan fingerprint density at radius 2 is 2.12 bits per heavy atom. The summed E-state index contributed by atoms with van der Waals surface area (Å²) in [5.74, 6) is 0.704. The van der Waals surface area contributed by atoms with Crippen molar-refractivity contribution in [3.8, 4) is 0 Å². The van der Waals surface area contributed by atoms with E-state index in [2.05, 4.69) is 28.2 Å². The van der Waals surface area contributed by atoms with Crippen molar-refractivity contribution >= 4 is 0 Å². The van der Waals surface area contributed by atoms with Crippen molar-refractivity contribution in [2.24, 2.45) is 0 Å². The second-order valence-electron chi connectivity index (χ2n) is 5.26. The molecule has 1 saturated carbocycles. The Labute approximate surface area is 97.2 Å². The van der Waals surface area contributed by atoms with Gasteiger partial charge in [0, 0.05) is 18.2 Å². The molecule has 1 aromatic rings. The molecule has 0 aromatic carbocycles. The Morgan fingerprint density at radius 3 is 2.81 bits per heavy atom. The van der Waals surface area contributed by atoms with Crippen LogP contribution in [0.3, 0.4) is 0 Å². The largest absolute Gasteiger partial charge is 0.316 e. The van der Waals surface area contributed by atoms with Crippen LogP contribution in [0, 0.1) is 6.92 Å². The van der Waals surface area contributed by atoms with Crippen molar-refractivity contribution in [2.75, 3.05) is 13.1 Å². The summed E-state index contributed by atoms with van der Waals surface area (Å²) in [4.78, 5) is 0. The van der Waals surface area contributed by atoms with Crippen LogP contribution < -0.4 is 5.32 Å². The predicted octanol–water partition coefficient (Wildman–Crippen LogP) is 2.38. The minimum absolute atomic E-state index is 0.683. The zero-order valence-corrected chi connectivity index (χ0v) is 10.1. The van der Waals surface area contributed by atoms with Crippen LogP contribution in [-0.2, 0) is 0 Å². The second-order valence-corrected chi connectivity index (χ2v) is 5.26. The molecule has 1 atom stereocenters. The molecule has 1 aliphatic heterocycles. The number of hydrogen-bond donors (Lipinski definition) is 1. The molecule has 1 saturated heterocycles. The molecular weight excluding hydrogens is 198 g/mol. The molecule has 1 aromatic heterocycles. The maximum absolute atomic E-state index is 4.63. The van der Waals surface area contributed by atoms with Gasteiger partial charge in [-0.05, 0) is 38.3 Å². The molecular formula is C13H21N3. The van der Waals surface area contributed by atoms with Crippen molar-refractivity contribution in [1.29, 1.82) is 0 Å². The minimum Gasteiger partial charge on any atom is -0.316 e. The van der Waals surface area contributed by atoms with Gasteiger partial charge in [0.05, 0.1) is 12.2 Å². The van der Waals surface area contributed by atoms with E-state index in [0.29, 0.717) is 12.0 Å². The van der Waals surface area contributed by atoms with Crippen LogP contribution in [0.2, 0.25) is 0 Å². The average molecular weight is 219 g/mol. The zero-order chi connectivity index (χ0) is 11.0. The van der Waals surface area contributed by atoms with Crippen LogP contribution in [0.5, 0.6) is 0 Å². The maximum Gasteiger partial charge on any atom is 0.0528 e. The molecule has 2 aliphatic rings. The summed E-state index contributed by atoms with van der Waals surface area (Å²) in [7, 11) is 0. The molecule has 88 valence electrons. The third-order valence-electron chi connectivity index (χ3n) is 4.25. The zero-order valence-electron chi connectivity index (χ0n) is 10.1. The summed E-state index contributed by atoms with van der Waals surface area (Å²) >= 11 is 0. The van der Waals surface area contributed by atoms with E-state index < -0.39 is 0 Å². The van der Waals surface area contributed by atoms with E-state index in [1.54, 1.807) is 0 Å². The lowest BCUT2D eigenvalue weighted by molar-refractivity contribution is 0.455. The lowest BCUT2D eigenvalue weighted by Gasteiger charge is -2.14. The summed E-state index contributed by atoms with van der Waals surface area (Å²) < 4.78 is 2.29. The van der Waals surface area contributed by atoms with Gasteiger partial charge in [-0.3, -0.25) is 4.68 Å². The molecule has 0 spiro atoms. The Kier molecular flexibility index (Phi) is 2.72. The van der Waals surface area contributed by atoms with Crippen LogP contribution in [0.4, 0.5) is 0 Å². The molecule has 1 N–H and O–H groups in total.